The third-order valence-electron chi connectivity index (χ3n) is 1.73. The molecule has 92 valence electrons. The lowest BCUT2D eigenvalue weighted by atomic mass is 10.4. The maximum Gasteiger partial charge on any atom is 0.283 e. The first-order valence-electron chi connectivity index (χ1n) is 4.32. The predicted molar refractivity (Wildman–Crippen MR) is 50.7 cm³/mol. The van der Waals surface area contributed by atoms with Crippen molar-refractivity contribution in [2.24, 2.45) is 0 Å². The van der Waals surface area contributed by atoms with Gasteiger partial charge >= 0.3 is 0 Å². The van der Waals surface area contributed by atoms with Crippen LogP contribution < -0.4 is 4.72 Å². The molecular formula is C8H11F2NO4S. The highest BCUT2D eigenvalue weighted by Crippen LogP contribution is 2.15. The van der Waals surface area contributed by atoms with E-state index in [0.29, 0.717) is 5.76 Å². The molecule has 0 amide bonds. The van der Waals surface area contributed by atoms with Gasteiger partial charge in [0.25, 0.3) is 15.9 Å². The molecule has 0 radical (unpaired) electrons. The number of aliphatic hydroxyl groups excluding tert-OH is 1. The van der Waals surface area contributed by atoms with Crippen LogP contribution in [0.1, 0.15) is 5.76 Å². The van der Waals surface area contributed by atoms with Gasteiger partial charge in [-0.15, -0.1) is 0 Å². The van der Waals surface area contributed by atoms with Crippen LogP contribution in [0.5, 0.6) is 0 Å². The fourth-order valence-corrected chi connectivity index (χ4v) is 1.92. The summed E-state index contributed by atoms with van der Waals surface area (Å²) in [5, 5.41) is 7.83. The van der Waals surface area contributed by atoms with E-state index in [9.17, 15) is 17.2 Å². The molecule has 2 N–H and O–H groups in total. The molecule has 0 saturated carbocycles. The van der Waals surface area contributed by atoms with Gasteiger partial charge in [0.1, 0.15) is 12.4 Å². The van der Waals surface area contributed by atoms with Gasteiger partial charge in [-0.05, 0) is 19.1 Å². The first-order valence-corrected chi connectivity index (χ1v) is 5.80. The molecule has 0 aliphatic carbocycles. The van der Waals surface area contributed by atoms with Crippen molar-refractivity contribution < 1.29 is 26.7 Å². The molecule has 0 bridgehead atoms. The zero-order valence-electron chi connectivity index (χ0n) is 8.41. The Kier molecular flexibility index (Phi) is 3.66. The van der Waals surface area contributed by atoms with Crippen molar-refractivity contribution in [2.45, 2.75) is 17.9 Å². The number of furan rings is 1. The highest BCUT2D eigenvalue weighted by Gasteiger charge is 2.31. The number of halogens is 2. The van der Waals surface area contributed by atoms with Crippen LogP contribution in [-0.2, 0) is 10.0 Å². The van der Waals surface area contributed by atoms with Crippen molar-refractivity contribution in [3.8, 4) is 0 Å². The highest BCUT2D eigenvalue weighted by molar-refractivity contribution is 7.89. The van der Waals surface area contributed by atoms with Crippen LogP contribution in [0.2, 0.25) is 0 Å². The molecule has 0 unspecified atom stereocenters. The van der Waals surface area contributed by atoms with E-state index < -0.39 is 34.2 Å². The molecule has 16 heavy (non-hydrogen) atoms. The van der Waals surface area contributed by atoms with Crippen molar-refractivity contribution in [1.82, 2.24) is 4.72 Å². The van der Waals surface area contributed by atoms with Crippen molar-refractivity contribution in [3.63, 3.8) is 0 Å². The second kappa shape index (κ2) is 4.48. The van der Waals surface area contributed by atoms with E-state index in [4.69, 9.17) is 9.52 Å². The number of hydrogen-bond acceptors (Lipinski definition) is 4. The van der Waals surface area contributed by atoms with Crippen LogP contribution >= 0.6 is 0 Å². The normalized spacial score (nSPS) is 13.0. The van der Waals surface area contributed by atoms with Gasteiger partial charge in [0.05, 0.1) is 6.54 Å². The minimum absolute atomic E-state index is 0.356. The average Bonchev–Trinajstić information content (AvgIpc) is 2.63. The van der Waals surface area contributed by atoms with Gasteiger partial charge < -0.3 is 9.52 Å². The SMILES string of the molecule is Cc1ccc(S(=O)(=O)NCC(F)(F)CO)o1. The number of aliphatic hydroxyl groups is 1. The molecule has 1 heterocycles. The van der Waals surface area contributed by atoms with Gasteiger partial charge in [-0.3, -0.25) is 0 Å². The second-order valence-electron chi connectivity index (χ2n) is 3.20. The summed E-state index contributed by atoms with van der Waals surface area (Å²) in [4.78, 5) is 0. The fourth-order valence-electron chi connectivity index (χ4n) is 0.884. The molecule has 0 spiro atoms. The molecule has 0 atom stereocenters. The predicted octanol–water partition coefficient (Wildman–Crippen LogP) is 0.494. The first-order chi connectivity index (χ1) is 7.27. The summed E-state index contributed by atoms with van der Waals surface area (Å²) in [7, 11) is -4.09. The third-order valence-corrected chi connectivity index (χ3v) is 3.01. The maximum absolute atomic E-state index is 12.6. The molecule has 0 aliphatic heterocycles. The van der Waals surface area contributed by atoms with Crippen LogP contribution in [0.3, 0.4) is 0 Å². The number of aryl methyl sites for hydroxylation is 1. The van der Waals surface area contributed by atoms with Gasteiger partial charge in [0.15, 0.2) is 0 Å². The van der Waals surface area contributed by atoms with E-state index in [2.05, 4.69) is 0 Å². The Morgan fingerprint density at radius 3 is 2.56 bits per heavy atom. The number of nitrogens with one attached hydrogen (secondary N) is 1. The van der Waals surface area contributed by atoms with E-state index in [-0.39, 0.29) is 0 Å². The van der Waals surface area contributed by atoms with E-state index in [1.807, 2.05) is 0 Å². The number of rotatable bonds is 5. The minimum atomic E-state index is -4.09. The lowest BCUT2D eigenvalue weighted by Gasteiger charge is -2.13. The zero-order chi connectivity index (χ0) is 12.4. The van der Waals surface area contributed by atoms with Gasteiger partial charge in [-0.25, -0.2) is 21.9 Å². The fraction of sp³-hybridized carbons (Fsp3) is 0.500. The summed E-state index contributed by atoms with van der Waals surface area (Å²) >= 11 is 0. The molecule has 1 aromatic heterocycles. The Bertz CT molecular complexity index is 454. The Morgan fingerprint density at radius 2 is 2.12 bits per heavy atom. The molecule has 8 heteroatoms. The number of sulfonamides is 1. The van der Waals surface area contributed by atoms with E-state index in [0.717, 1.165) is 6.07 Å². The van der Waals surface area contributed by atoms with E-state index >= 15 is 0 Å². The topological polar surface area (TPSA) is 79.5 Å². The summed E-state index contributed by atoms with van der Waals surface area (Å²) in [5.41, 5.74) is 0. The van der Waals surface area contributed by atoms with E-state index in [1.54, 1.807) is 4.72 Å². The summed E-state index contributed by atoms with van der Waals surface area (Å²) < 4.78 is 54.4. The van der Waals surface area contributed by atoms with Gasteiger partial charge in [0.2, 0.25) is 5.09 Å². The first kappa shape index (κ1) is 13.1. The minimum Gasteiger partial charge on any atom is -0.449 e. The molecular weight excluding hydrogens is 244 g/mol. The Morgan fingerprint density at radius 1 is 1.50 bits per heavy atom. The summed E-state index contributed by atoms with van der Waals surface area (Å²) in [6.07, 6.45) is 0. The van der Waals surface area contributed by atoms with Crippen LogP contribution in [-0.4, -0.2) is 32.6 Å². The second-order valence-corrected chi connectivity index (χ2v) is 4.90. The zero-order valence-corrected chi connectivity index (χ0v) is 9.22. The molecule has 0 aliphatic rings. The quantitative estimate of drug-likeness (QED) is 0.802. The van der Waals surface area contributed by atoms with Crippen LogP contribution in [0.15, 0.2) is 21.6 Å². The summed E-state index contributed by atoms with van der Waals surface area (Å²) in [6, 6.07) is 2.56. The smallest absolute Gasteiger partial charge is 0.283 e. The Hall–Kier alpha value is -0.990. The summed E-state index contributed by atoms with van der Waals surface area (Å²) in [6.45, 7) is -1.07. The Balaban J connectivity index is 2.74. The van der Waals surface area contributed by atoms with Crippen LogP contribution in [0.25, 0.3) is 0 Å². The number of hydrogen-bond donors (Lipinski definition) is 2. The van der Waals surface area contributed by atoms with Gasteiger partial charge in [0, 0.05) is 0 Å². The molecule has 1 aromatic rings. The lowest BCUT2D eigenvalue weighted by Crippen LogP contribution is -2.38. The van der Waals surface area contributed by atoms with Gasteiger partial charge in [-0.2, -0.15) is 0 Å². The van der Waals surface area contributed by atoms with Crippen LogP contribution in [0.4, 0.5) is 8.78 Å². The highest BCUT2D eigenvalue weighted by atomic mass is 32.2. The van der Waals surface area contributed by atoms with Gasteiger partial charge in [-0.1, -0.05) is 0 Å². The van der Waals surface area contributed by atoms with Crippen molar-refractivity contribution >= 4 is 10.0 Å². The Labute approximate surface area is 91.1 Å². The maximum atomic E-state index is 12.6. The molecule has 0 saturated heterocycles. The van der Waals surface area contributed by atoms with Crippen molar-refractivity contribution in [2.75, 3.05) is 13.2 Å². The largest absolute Gasteiger partial charge is 0.449 e. The molecule has 0 fully saturated rings. The molecule has 0 aromatic carbocycles. The molecule has 1 rings (SSSR count). The standard InChI is InChI=1S/C8H11F2NO4S/c1-6-2-3-7(15-6)16(13,14)11-4-8(9,10)5-12/h2-3,11-12H,4-5H2,1H3. The lowest BCUT2D eigenvalue weighted by molar-refractivity contribution is -0.0437. The van der Waals surface area contributed by atoms with Crippen LogP contribution in [0, 0.1) is 6.92 Å². The van der Waals surface area contributed by atoms with E-state index in [1.165, 1.54) is 13.0 Å². The van der Waals surface area contributed by atoms with Crippen molar-refractivity contribution in [1.29, 1.82) is 0 Å². The van der Waals surface area contributed by atoms with Crippen molar-refractivity contribution in [3.05, 3.63) is 17.9 Å². The average molecular weight is 255 g/mol. The molecule has 5 nitrogen and oxygen atoms in total. The monoisotopic (exact) mass is 255 g/mol. The summed E-state index contributed by atoms with van der Waals surface area (Å²) in [5.74, 6) is -3.14. The number of alkyl halides is 2. The third kappa shape index (κ3) is 3.26.